The molecule has 0 saturated heterocycles. The minimum atomic E-state index is -0.589. The van der Waals surface area contributed by atoms with Crippen molar-refractivity contribution in [3.8, 4) is 22.0 Å². The minimum Gasteiger partial charge on any atom is -0.331 e. The first-order valence-corrected chi connectivity index (χ1v) is 9.51. The lowest BCUT2D eigenvalue weighted by Crippen LogP contribution is -1.90. The van der Waals surface area contributed by atoms with Crippen LogP contribution in [0, 0.1) is 5.82 Å². The van der Waals surface area contributed by atoms with Crippen molar-refractivity contribution in [2.75, 3.05) is 5.32 Å². The normalized spacial score (nSPS) is 11.0. The summed E-state index contributed by atoms with van der Waals surface area (Å²) < 4.78 is 14.0. The summed E-state index contributed by atoms with van der Waals surface area (Å²) in [4.78, 5) is 9.37. The summed E-state index contributed by atoms with van der Waals surface area (Å²) in [7, 11) is 0. The number of aromatic amines is 1. The first-order chi connectivity index (χ1) is 13.0. The predicted molar refractivity (Wildman–Crippen MR) is 108 cm³/mol. The third-order valence-corrected chi connectivity index (χ3v) is 5.39. The van der Waals surface area contributed by atoms with Crippen LogP contribution in [-0.4, -0.2) is 20.2 Å². The van der Waals surface area contributed by atoms with E-state index >= 15 is 0 Å². The van der Waals surface area contributed by atoms with Crippen LogP contribution < -0.4 is 5.32 Å². The molecule has 10 heteroatoms. The Morgan fingerprint density at radius 2 is 1.93 bits per heavy atom. The Kier molecular flexibility index (Phi) is 5.01. The second kappa shape index (κ2) is 7.44. The number of thiazole rings is 1. The Bertz CT molecular complexity index is 1110. The molecule has 0 bridgehead atoms. The lowest BCUT2D eigenvalue weighted by atomic mass is 10.1. The Morgan fingerprint density at radius 1 is 1.07 bits per heavy atom. The van der Waals surface area contributed by atoms with Crippen LogP contribution in [0.25, 0.3) is 22.0 Å². The van der Waals surface area contributed by atoms with Gasteiger partial charge in [0.15, 0.2) is 11.0 Å². The van der Waals surface area contributed by atoms with Gasteiger partial charge in [-0.3, -0.25) is 5.10 Å². The van der Waals surface area contributed by atoms with Gasteiger partial charge in [-0.2, -0.15) is 5.10 Å². The van der Waals surface area contributed by atoms with Crippen molar-refractivity contribution in [1.82, 2.24) is 20.2 Å². The van der Waals surface area contributed by atoms with Gasteiger partial charge in [0.1, 0.15) is 17.0 Å². The van der Waals surface area contributed by atoms with E-state index in [9.17, 15) is 4.39 Å². The maximum atomic E-state index is 14.0. The number of nitrogens with zero attached hydrogens (tertiary/aromatic N) is 3. The number of nitrogens with one attached hydrogen (secondary N) is 2. The van der Waals surface area contributed by atoms with Crippen molar-refractivity contribution in [1.29, 1.82) is 0 Å². The van der Waals surface area contributed by atoms with Gasteiger partial charge >= 0.3 is 0 Å². The second-order valence-electron chi connectivity index (χ2n) is 5.40. The molecule has 0 aliphatic heterocycles. The molecular formula is C17H9Cl3FN5S. The van der Waals surface area contributed by atoms with E-state index < -0.39 is 5.82 Å². The molecule has 5 nitrogen and oxygen atoms in total. The number of anilines is 2. The highest BCUT2D eigenvalue weighted by Crippen LogP contribution is 2.42. The van der Waals surface area contributed by atoms with Gasteiger partial charge in [0.25, 0.3) is 0 Å². The standard InChI is InChI=1S/C17H9Cl3FN5S/c18-8-2-1-3-9(4-8)24-17-25-14(15(27-17)16-22-7-23-26-16)10-5-13(21)12(20)6-11(10)19/h1-7H,(H,24,25)(H,22,23,26). The van der Waals surface area contributed by atoms with Crippen LogP contribution in [0.4, 0.5) is 15.2 Å². The highest BCUT2D eigenvalue weighted by Gasteiger charge is 2.21. The first-order valence-electron chi connectivity index (χ1n) is 7.56. The molecule has 2 heterocycles. The monoisotopic (exact) mass is 439 g/mol. The number of aromatic nitrogens is 4. The van der Waals surface area contributed by atoms with Crippen molar-refractivity contribution >= 4 is 57.0 Å². The first kappa shape index (κ1) is 18.2. The van der Waals surface area contributed by atoms with Gasteiger partial charge < -0.3 is 5.32 Å². The van der Waals surface area contributed by atoms with Crippen LogP contribution >= 0.6 is 46.1 Å². The summed E-state index contributed by atoms with van der Waals surface area (Å²) in [6.45, 7) is 0. The molecule has 4 rings (SSSR count). The van der Waals surface area contributed by atoms with Gasteiger partial charge in [-0.25, -0.2) is 14.4 Å². The molecule has 2 aromatic heterocycles. The Labute approximate surface area is 172 Å². The van der Waals surface area contributed by atoms with Crippen molar-refractivity contribution in [2.24, 2.45) is 0 Å². The quantitative estimate of drug-likeness (QED) is 0.358. The largest absolute Gasteiger partial charge is 0.331 e. The molecule has 136 valence electrons. The molecule has 2 aromatic carbocycles. The molecule has 27 heavy (non-hydrogen) atoms. The van der Waals surface area contributed by atoms with Gasteiger partial charge in [-0.1, -0.05) is 52.2 Å². The van der Waals surface area contributed by atoms with E-state index in [0.717, 1.165) is 5.69 Å². The molecule has 4 aromatic rings. The van der Waals surface area contributed by atoms with Crippen LogP contribution in [0.2, 0.25) is 15.1 Å². The number of hydrogen-bond acceptors (Lipinski definition) is 5. The molecule has 0 unspecified atom stereocenters. The molecular weight excluding hydrogens is 432 g/mol. The Hall–Kier alpha value is -2.19. The highest BCUT2D eigenvalue weighted by atomic mass is 35.5. The summed E-state index contributed by atoms with van der Waals surface area (Å²) in [5, 5.41) is 11.3. The smallest absolute Gasteiger partial charge is 0.193 e. The average Bonchev–Trinajstić information content (AvgIpc) is 3.27. The second-order valence-corrected chi connectivity index (χ2v) is 7.65. The van der Waals surface area contributed by atoms with E-state index in [2.05, 4.69) is 25.5 Å². The van der Waals surface area contributed by atoms with Gasteiger partial charge in [-0.15, -0.1) is 0 Å². The lowest BCUT2D eigenvalue weighted by molar-refractivity contribution is 0.629. The molecule has 0 radical (unpaired) electrons. The Morgan fingerprint density at radius 3 is 2.67 bits per heavy atom. The van der Waals surface area contributed by atoms with Gasteiger partial charge in [0.05, 0.1) is 15.7 Å². The molecule has 0 spiro atoms. The molecule has 0 aliphatic rings. The van der Waals surface area contributed by atoms with Crippen LogP contribution in [0.1, 0.15) is 0 Å². The highest BCUT2D eigenvalue weighted by molar-refractivity contribution is 7.19. The van der Waals surface area contributed by atoms with Crippen LogP contribution in [0.15, 0.2) is 42.7 Å². The summed E-state index contributed by atoms with van der Waals surface area (Å²) in [6, 6.07) is 9.81. The number of benzene rings is 2. The van der Waals surface area contributed by atoms with Crippen molar-refractivity contribution in [3.05, 3.63) is 63.6 Å². The molecule has 0 fully saturated rings. The number of halogens is 4. The Balaban J connectivity index is 1.83. The van der Waals surface area contributed by atoms with Gasteiger partial charge in [0.2, 0.25) is 0 Å². The number of rotatable bonds is 4. The van der Waals surface area contributed by atoms with Gasteiger partial charge in [-0.05, 0) is 30.3 Å². The SMILES string of the molecule is Fc1cc(-c2nc(Nc3cccc(Cl)c3)sc2-c2nc[nH]n2)c(Cl)cc1Cl. The summed E-state index contributed by atoms with van der Waals surface area (Å²) in [5.74, 6) is -0.164. The number of H-pyrrole nitrogens is 1. The van der Waals surface area contributed by atoms with Crippen molar-refractivity contribution < 1.29 is 4.39 Å². The van der Waals surface area contributed by atoms with Gasteiger partial charge in [0, 0.05) is 16.3 Å². The van der Waals surface area contributed by atoms with Crippen molar-refractivity contribution in [2.45, 2.75) is 0 Å². The van der Waals surface area contributed by atoms with Crippen LogP contribution in [0.3, 0.4) is 0 Å². The summed E-state index contributed by atoms with van der Waals surface area (Å²) >= 11 is 19.4. The van der Waals surface area contributed by atoms with E-state index in [1.165, 1.54) is 29.8 Å². The number of hydrogen-bond donors (Lipinski definition) is 2. The van der Waals surface area contributed by atoms with E-state index in [1.807, 2.05) is 12.1 Å². The van der Waals surface area contributed by atoms with E-state index in [4.69, 9.17) is 34.8 Å². The maximum absolute atomic E-state index is 14.0. The molecule has 0 amide bonds. The fourth-order valence-electron chi connectivity index (χ4n) is 2.42. The fourth-order valence-corrected chi connectivity index (χ4v) is 4.02. The van der Waals surface area contributed by atoms with Crippen molar-refractivity contribution in [3.63, 3.8) is 0 Å². The van der Waals surface area contributed by atoms with E-state index in [0.29, 0.717) is 32.1 Å². The third-order valence-electron chi connectivity index (χ3n) is 3.59. The average molecular weight is 441 g/mol. The minimum absolute atomic E-state index is 0.0595. The topological polar surface area (TPSA) is 66.5 Å². The zero-order chi connectivity index (χ0) is 19.0. The third kappa shape index (κ3) is 3.77. The summed E-state index contributed by atoms with van der Waals surface area (Å²) in [6.07, 6.45) is 1.45. The zero-order valence-corrected chi connectivity index (χ0v) is 16.4. The molecule has 0 saturated carbocycles. The zero-order valence-electron chi connectivity index (χ0n) is 13.3. The molecule has 0 atom stereocenters. The predicted octanol–water partition coefficient (Wildman–Crippen LogP) is 6.44. The fraction of sp³-hybridized carbons (Fsp3) is 0. The molecule has 2 N–H and O–H groups in total. The van der Waals surface area contributed by atoms with Crippen LogP contribution in [0.5, 0.6) is 0 Å². The van der Waals surface area contributed by atoms with Crippen LogP contribution in [-0.2, 0) is 0 Å². The lowest BCUT2D eigenvalue weighted by Gasteiger charge is -2.05. The summed E-state index contributed by atoms with van der Waals surface area (Å²) in [5.41, 5.74) is 1.61. The maximum Gasteiger partial charge on any atom is 0.193 e. The molecule has 0 aliphatic carbocycles. The van der Waals surface area contributed by atoms with E-state index in [-0.39, 0.29) is 10.0 Å². The van der Waals surface area contributed by atoms with E-state index in [1.54, 1.807) is 12.1 Å².